The molecule has 2 atom stereocenters. The van der Waals surface area contributed by atoms with E-state index in [4.69, 9.17) is 4.74 Å². The van der Waals surface area contributed by atoms with Gasteiger partial charge in [-0.25, -0.2) is 0 Å². The summed E-state index contributed by atoms with van der Waals surface area (Å²) in [5, 5.41) is 9.35. The van der Waals surface area contributed by atoms with Gasteiger partial charge in [-0.15, -0.1) is 0 Å². The number of hydrogen-bond donors (Lipinski definition) is 1. The van der Waals surface area contributed by atoms with Crippen molar-refractivity contribution in [3.63, 3.8) is 0 Å². The molecule has 1 aromatic rings. The highest BCUT2D eigenvalue weighted by molar-refractivity contribution is 9.10. The van der Waals surface area contributed by atoms with E-state index in [1.165, 1.54) is 0 Å². The predicted octanol–water partition coefficient (Wildman–Crippen LogP) is 1.43. The number of aromatic nitrogens is 1. The summed E-state index contributed by atoms with van der Waals surface area (Å²) in [6, 6.07) is 2.13. The van der Waals surface area contributed by atoms with Crippen LogP contribution < -0.4 is 4.90 Å². The number of pyridine rings is 1. The molecule has 1 saturated heterocycles. The van der Waals surface area contributed by atoms with Crippen molar-refractivity contribution in [2.75, 3.05) is 25.2 Å². The topological polar surface area (TPSA) is 45.6 Å². The Morgan fingerprint density at radius 2 is 2.44 bits per heavy atom. The minimum Gasteiger partial charge on any atom is -0.394 e. The van der Waals surface area contributed by atoms with Gasteiger partial charge in [0, 0.05) is 24.3 Å². The molecular formula is C11H15BrN2O2. The molecule has 0 aromatic carbocycles. The molecule has 1 aliphatic rings. The number of rotatable bonds is 3. The van der Waals surface area contributed by atoms with E-state index >= 15 is 0 Å². The first-order valence-electron chi connectivity index (χ1n) is 5.25. The Morgan fingerprint density at radius 1 is 1.62 bits per heavy atom. The summed E-state index contributed by atoms with van der Waals surface area (Å²) in [7, 11) is 1.71. The Balaban J connectivity index is 2.19. The monoisotopic (exact) mass is 286 g/mol. The highest BCUT2D eigenvalue weighted by Crippen LogP contribution is 2.27. The number of nitrogens with zero attached hydrogens (tertiary/aromatic N) is 2. The molecule has 5 heteroatoms. The molecule has 0 saturated carbocycles. The van der Waals surface area contributed by atoms with Crippen molar-refractivity contribution in [3.05, 3.63) is 22.9 Å². The van der Waals surface area contributed by atoms with Crippen molar-refractivity contribution in [1.82, 2.24) is 4.98 Å². The molecule has 0 bridgehead atoms. The lowest BCUT2D eigenvalue weighted by atomic mass is 10.2. The fraction of sp³-hybridized carbons (Fsp3) is 0.545. The first-order chi connectivity index (χ1) is 7.74. The summed E-state index contributed by atoms with van der Waals surface area (Å²) in [4.78, 5) is 6.28. The number of methoxy groups -OCH3 is 1. The normalized spacial score (nSPS) is 25.1. The van der Waals surface area contributed by atoms with Crippen molar-refractivity contribution >= 4 is 21.6 Å². The van der Waals surface area contributed by atoms with Crippen LogP contribution >= 0.6 is 15.9 Å². The van der Waals surface area contributed by atoms with Crippen molar-refractivity contribution in [2.24, 2.45) is 0 Å². The van der Waals surface area contributed by atoms with Gasteiger partial charge < -0.3 is 14.7 Å². The summed E-state index contributed by atoms with van der Waals surface area (Å²) < 4.78 is 6.29. The molecule has 16 heavy (non-hydrogen) atoms. The number of halogens is 1. The first-order valence-corrected chi connectivity index (χ1v) is 6.04. The molecule has 2 heterocycles. The average Bonchev–Trinajstić information content (AvgIpc) is 2.72. The van der Waals surface area contributed by atoms with Gasteiger partial charge in [0.15, 0.2) is 0 Å². The van der Waals surface area contributed by atoms with Crippen molar-refractivity contribution in [1.29, 1.82) is 0 Å². The molecule has 0 radical (unpaired) electrons. The highest BCUT2D eigenvalue weighted by atomic mass is 79.9. The van der Waals surface area contributed by atoms with Crippen LogP contribution in [0, 0.1) is 0 Å². The van der Waals surface area contributed by atoms with Gasteiger partial charge in [-0.2, -0.15) is 0 Å². The van der Waals surface area contributed by atoms with Crippen LogP contribution in [0.25, 0.3) is 0 Å². The van der Waals surface area contributed by atoms with E-state index in [1.54, 1.807) is 13.3 Å². The van der Waals surface area contributed by atoms with Crippen LogP contribution in [0.3, 0.4) is 0 Å². The minimum atomic E-state index is 0.126. The standard InChI is InChI=1S/C11H15BrN2O2/c1-16-11-3-10(7-15)14(6-11)9-2-8(12)4-13-5-9/h2,4-5,10-11,15H,3,6-7H2,1H3/t10-,11-/m0/s1. The number of aliphatic hydroxyl groups excluding tert-OH is 1. The van der Waals surface area contributed by atoms with Gasteiger partial charge in [-0.1, -0.05) is 0 Å². The molecule has 4 nitrogen and oxygen atoms in total. The lowest BCUT2D eigenvalue weighted by molar-refractivity contribution is 0.115. The lowest BCUT2D eigenvalue weighted by Crippen LogP contribution is -2.32. The number of ether oxygens (including phenoxy) is 1. The fourth-order valence-corrected chi connectivity index (χ4v) is 2.44. The van der Waals surface area contributed by atoms with E-state index in [-0.39, 0.29) is 18.8 Å². The molecule has 88 valence electrons. The van der Waals surface area contributed by atoms with E-state index in [0.29, 0.717) is 0 Å². The van der Waals surface area contributed by atoms with Crippen LogP contribution in [0.5, 0.6) is 0 Å². The van der Waals surface area contributed by atoms with Crippen LogP contribution in [0.4, 0.5) is 5.69 Å². The maximum absolute atomic E-state index is 9.35. The van der Waals surface area contributed by atoms with Gasteiger partial charge in [0.1, 0.15) is 0 Å². The van der Waals surface area contributed by atoms with Crippen LogP contribution in [0.1, 0.15) is 6.42 Å². The summed E-state index contributed by atoms with van der Waals surface area (Å²) in [6.07, 6.45) is 4.61. The first kappa shape index (κ1) is 11.8. The van der Waals surface area contributed by atoms with E-state index < -0.39 is 0 Å². The third-order valence-corrected chi connectivity index (χ3v) is 3.38. The Labute approximate surface area is 103 Å². The molecule has 1 aliphatic heterocycles. The predicted molar refractivity (Wildman–Crippen MR) is 65.6 cm³/mol. The maximum atomic E-state index is 9.35. The average molecular weight is 287 g/mol. The Morgan fingerprint density at radius 3 is 3.06 bits per heavy atom. The second-order valence-electron chi connectivity index (χ2n) is 3.94. The number of anilines is 1. The Kier molecular flexibility index (Phi) is 3.78. The largest absolute Gasteiger partial charge is 0.394 e. The highest BCUT2D eigenvalue weighted by Gasteiger charge is 2.31. The van der Waals surface area contributed by atoms with Gasteiger partial charge >= 0.3 is 0 Å². The zero-order valence-corrected chi connectivity index (χ0v) is 10.7. The summed E-state index contributed by atoms with van der Waals surface area (Å²) >= 11 is 3.40. The zero-order chi connectivity index (χ0) is 11.5. The third-order valence-electron chi connectivity index (χ3n) is 2.94. The second-order valence-corrected chi connectivity index (χ2v) is 4.86. The molecule has 1 N–H and O–H groups in total. The van der Waals surface area contributed by atoms with Crippen LogP contribution in [-0.2, 0) is 4.74 Å². The van der Waals surface area contributed by atoms with Crippen LogP contribution in [0.2, 0.25) is 0 Å². The van der Waals surface area contributed by atoms with Crippen molar-refractivity contribution in [3.8, 4) is 0 Å². The van der Waals surface area contributed by atoms with Crippen molar-refractivity contribution < 1.29 is 9.84 Å². The molecule has 1 fully saturated rings. The van der Waals surface area contributed by atoms with Gasteiger partial charge in [0.05, 0.1) is 30.6 Å². The fourth-order valence-electron chi connectivity index (χ4n) is 2.09. The molecule has 2 rings (SSSR count). The summed E-state index contributed by atoms with van der Waals surface area (Å²) in [5.41, 5.74) is 1.02. The maximum Gasteiger partial charge on any atom is 0.0766 e. The molecule has 0 amide bonds. The Bertz CT molecular complexity index is 362. The van der Waals surface area contributed by atoms with E-state index in [0.717, 1.165) is 23.1 Å². The molecular weight excluding hydrogens is 272 g/mol. The summed E-state index contributed by atoms with van der Waals surface area (Å²) in [5.74, 6) is 0. The summed E-state index contributed by atoms with van der Waals surface area (Å²) in [6.45, 7) is 0.951. The van der Waals surface area contributed by atoms with E-state index in [2.05, 4.69) is 25.8 Å². The van der Waals surface area contributed by atoms with Crippen LogP contribution in [0.15, 0.2) is 22.9 Å². The molecule has 0 aliphatic carbocycles. The number of hydrogen-bond acceptors (Lipinski definition) is 4. The molecule has 0 unspecified atom stereocenters. The van der Waals surface area contributed by atoms with Gasteiger partial charge in [-0.05, 0) is 28.4 Å². The quantitative estimate of drug-likeness (QED) is 0.913. The second kappa shape index (κ2) is 5.12. The molecule has 1 aromatic heterocycles. The lowest BCUT2D eigenvalue weighted by Gasteiger charge is -2.24. The third kappa shape index (κ3) is 2.36. The number of aliphatic hydroxyl groups is 1. The SMILES string of the molecule is CO[C@H]1C[C@@H](CO)N(c2cncc(Br)c2)C1. The van der Waals surface area contributed by atoms with Crippen LogP contribution in [-0.4, -0.2) is 42.5 Å². The van der Waals surface area contributed by atoms with E-state index in [1.807, 2.05) is 12.3 Å². The Hall–Kier alpha value is -0.650. The minimum absolute atomic E-state index is 0.126. The van der Waals surface area contributed by atoms with Gasteiger partial charge in [0.2, 0.25) is 0 Å². The van der Waals surface area contributed by atoms with Gasteiger partial charge in [-0.3, -0.25) is 4.98 Å². The molecule has 0 spiro atoms. The van der Waals surface area contributed by atoms with E-state index in [9.17, 15) is 5.11 Å². The van der Waals surface area contributed by atoms with Gasteiger partial charge in [0.25, 0.3) is 0 Å². The van der Waals surface area contributed by atoms with Crippen molar-refractivity contribution in [2.45, 2.75) is 18.6 Å². The zero-order valence-electron chi connectivity index (χ0n) is 9.14. The smallest absolute Gasteiger partial charge is 0.0766 e.